The molecular formula is C11H17FN2O4. The first-order valence-corrected chi connectivity index (χ1v) is 5.49. The minimum absolute atomic E-state index is 0.383. The highest BCUT2D eigenvalue weighted by atomic mass is 19.1. The molecule has 1 heterocycles. The van der Waals surface area contributed by atoms with Gasteiger partial charge in [0.25, 0.3) is 0 Å². The summed E-state index contributed by atoms with van der Waals surface area (Å²) < 4.78 is 19.3. The number of hydrogen-bond acceptors (Lipinski definition) is 5. The highest BCUT2D eigenvalue weighted by Crippen LogP contribution is 2.15. The average molecular weight is 260 g/mol. The Kier molecular flexibility index (Phi) is 4.94. The monoisotopic (exact) mass is 260 g/mol. The molecule has 0 aliphatic rings. The lowest BCUT2D eigenvalue weighted by Crippen LogP contribution is -2.30. The summed E-state index contributed by atoms with van der Waals surface area (Å²) in [4.78, 5) is 11.4. The molecule has 0 bridgehead atoms. The number of aromatic nitrogens is 2. The van der Waals surface area contributed by atoms with E-state index in [1.54, 1.807) is 0 Å². The van der Waals surface area contributed by atoms with Crippen LogP contribution in [-0.2, 0) is 9.53 Å². The quantitative estimate of drug-likeness (QED) is 0.694. The van der Waals surface area contributed by atoms with Gasteiger partial charge in [0.15, 0.2) is 11.6 Å². The molecule has 0 spiro atoms. The van der Waals surface area contributed by atoms with Crippen LogP contribution in [0.3, 0.4) is 0 Å². The molecule has 0 aliphatic heterocycles. The topological polar surface area (TPSA) is 84.6 Å². The number of Topliss-reactive ketones (excluding diaryl/α,β-unsaturated/α-hetero) is 1. The molecule has 0 fully saturated rings. The molecule has 7 heteroatoms. The van der Waals surface area contributed by atoms with Gasteiger partial charge in [0.05, 0.1) is 0 Å². The predicted molar refractivity (Wildman–Crippen MR) is 60.3 cm³/mol. The number of halogens is 1. The Labute approximate surface area is 104 Å². The van der Waals surface area contributed by atoms with Gasteiger partial charge in [-0.1, -0.05) is 0 Å². The first-order chi connectivity index (χ1) is 8.29. The first kappa shape index (κ1) is 14.7. The van der Waals surface area contributed by atoms with E-state index in [9.17, 15) is 19.4 Å². The maximum Gasteiger partial charge on any atom is 0.217 e. The molecule has 1 rings (SSSR count). The van der Waals surface area contributed by atoms with Crippen molar-refractivity contribution in [2.24, 2.45) is 0 Å². The molecule has 6 nitrogen and oxygen atoms in total. The van der Waals surface area contributed by atoms with Crippen molar-refractivity contribution in [2.45, 2.75) is 38.5 Å². The number of aliphatic hydroxyl groups is 2. The minimum atomic E-state index is -1.79. The Balaban J connectivity index is 2.40. The molecule has 0 amide bonds. The van der Waals surface area contributed by atoms with Gasteiger partial charge in [-0.25, -0.2) is 9.07 Å². The van der Waals surface area contributed by atoms with E-state index in [0.717, 1.165) is 4.68 Å². The summed E-state index contributed by atoms with van der Waals surface area (Å²) in [5, 5.41) is 22.4. The Hall–Kier alpha value is -1.31. The SMILES string of the molecule is CC(C)(O)OCC(=O)CC(O)C(F)n1cccn1. The second-order valence-electron chi connectivity index (χ2n) is 4.40. The number of rotatable bonds is 7. The Morgan fingerprint density at radius 1 is 1.61 bits per heavy atom. The van der Waals surface area contributed by atoms with Gasteiger partial charge in [-0.3, -0.25) is 4.79 Å². The molecule has 1 aromatic rings. The second kappa shape index (κ2) is 6.03. The van der Waals surface area contributed by atoms with Crippen molar-refractivity contribution in [1.82, 2.24) is 9.78 Å². The number of carbonyl (C=O) groups is 1. The van der Waals surface area contributed by atoms with Gasteiger partial charge in [0, 0.05) is 18.8 Å². The Bertz CT molecular complexity index is 375. The van der Waals surface area contributed by atoms with Crippen molar-refractivity contribution in [1.29, 1.82) is 0 Å². The van der Waals surface area contributed by atoms with E-state index in [-0.39, 0.29) is 6.61 Å². The third-order valence-electron chi connectivity index (χ3n) is 2.12. The fourth-order valence-corrected chi connectivity index (χ4v) is 1.25. The van der Waals surface area contributed by atoms with Crippen LogP contribution in [0.15, 0.2) is 18.5 Å². The summed E-state index contributed by atoms with van der Waals surface area (Å²) in [6.07, 6.45) is -0.963. The van der Waals surface area contributed by atoms with Crippen LogP contribution in [-0.4, -0.2) is 44.3 Å². The van der Waals surface area contributed by atoms with Crippen LogP contribution in [0.25, 0.3) is 0 Å². The molecule has 2 atom stereocenters. The normalized spacial score (nSPS) is 15.4. The number of carbonyl (C=O) groups excluding carboxylic acids is 1. The molecular weight excluding hydrogens is 243 g/mol. The minimum Gasteiger partial charge on any atom is -0.388 e. The van der Waals surface area contributed by atoms with E-state index in [1.165, 1.54) is 32.3 Å². The van der Waals surface area contributed by atoms with Crippen LogP contribution in [0.4, 0.5) is 4.39 Å². The van der Waals surface area contributed by atoms with E-state index in [1.807, 2.05) is 0 Å². The van der Waals surface area contributed by atoms with Gasteiger partial charge >= 0.3 is 0 Å². The molecule has 0 aliphatic carbocycles. The van der Waals surface area contributed by atoms with E-state index in [2.05, 4.69) is 5.10 Å². The van der Waals surface area contributed by atoms with E-state index >= 15 is 0 Å². The smallest absolute Gasteiger partial charge is 0.217 e. The van der Waals surface area contributed by atoms with Gasteiger partial charge in [-0.15, -0.1) is 0 Å². The van der Waals surface area contributed by atoms with E-state index in [4.69, 9.17) is 4.74 Å². The number of ether oxygens (including phenoxy) is 1. The van der Waals surface area contributed by atoms with Gasteiger partial charge in [0.1, 0.15) is 12.7 Å². The summed E-state index contributed by atoms with van der Waals surface area (Å²) in [5.41, 5.74) is 0. The number of aliphatic hydroxyl groups excluding tert-OH is 1. The number of nitrogens with zero attached hydrogens (tertiary/aromatic N) is 2. The zero-order valence-corrected chi connectivity index (χ0v) is 10.3. The zero-order chi connectivity index (χ0) is 13.8. The molecule has 0 saturated carbocycles. The summed E-state index contributed by atoms with van der Waals surface area (Å²) in [6, 6.07) is 1.51. The summed E-state index contributed by atoms with van der Waals surface area (Å²) in [7, 11) is 0. The van der Waals surface area contributed by atoms with E-state index < -0.39 is 30.4 Å². The molecule has 2 N–H and O–H groups in total. The lowest BCUT2D eigenvalue weighted by atomic mass is 10.1. The highest BCUT2D eigenvalue weighted by Gasteiger charge is 2.24. The Morgan fingerprint density at radius 2 is 2.28 bits per heavy atom. The molecule has 0 saturated heterocycles. The van der Waals surface area contributed by atoms with Crippen molar-refractivity contribution in [2.75, 3.05) is 6.61 Å². The Morgan fingerprint density at radius 3 is 2.78 bits per heavy atom. The fourth-order valence-electron chi connectivity index (χ4n) is 1.25. The number of hydrogen-bond donors (Lipinski definition) is 2. The maximum absolute atomic E-state index is 13.6. The van der Waals surface area contributed by atoms with Crippen molar-refractivity contribution < 1.29 is 24.1 Å². The van der Waals surface area contributed by atoms with E-state index in [0.29, 0.717) is 0 Å². The lowest BCUT2D eigenvalue weighted by molar-refractivity contribution is -0.181. The molecule has 1 aromatic heterocycles. The largest absolute Gasteiger partial charge is 0.388 e. The number of alkyl halides is 1. The third kappa shape index (κ3) is 4.91. The molecule has 102 valence electrons. The second-order valence-corrected chi connectivity index (χ2v) is 4.40. The van der Waals surface area contributed by atoms with Gasteiger partial charge < -0.3 is 14.9 Å². The third-order valence-corrected chi connectivity index (χ3v) is 2.12. The van der Waals surface area contributed by atoms with Crippen molar-refractivity contribution in [3.63, 3.8) is 0 Å². The van der Waals surface area contributed by atoms with Crippen molar-refractivity contribution in [3.05, 3.63) is 18.5 Å². The van der Waals surface area contributed by atoms with Crippen molar-refractivity contribution >= 4 is 5.78 Å². The number of ketones is 1. The highest BCUT2D eigenvalue weighted by molar-refractivity contribution is 5.80. The molecule has 0 aromatic carbocycles. The summed E-state index contributed by atoms with van der Waals surface area (Å²) in [5.74, 6) is -1.93. The van der Waals surface area contributed by atoms with Gasteiger partial charge in [0.2, 0.25) is 6.30 Å². The van der Waals surface area contributed by atoms with Gasteiger partial charge in [-0.05, 0) is 19.9 Å². The van der Waals surface area contributed by atoms with Crippen LogP contribution < -0.4 is 0 Å². The van der Waals surface area contributed by atoms with Crippen LogP contribution in [0, 0.1) is 0 Å². The van der Waals surface area contributed by atoms with Crippen molar-refractivity contribution in [3.8, 4) is 0 Å². The maximum atomic E-state index is 13.6. The molecule has 18 heavy (non-hydrogen) atoms. The summed E-state index contributed by atoms with van der Waals surface area (Å²) in [6.45, 7) is 2.36. The standard InChI is InChI=1S/C11H17FN2O4/c1-11(2,17)18-7-8(15)6-9(16)10(12)14-5-3-4-13-14/h3-5,9-10,16-17H,6-7H2,1-2H3. The average Bonchev–Trinajstić information content (AvgIpc) is 2.77. The molecule has 0 radical (unpaired) electrons. The summed E-state index contributed by atoms with van der Waals surface area (Å²) >= 11 is 0. The van der Waals surface area contributed by atoms with Crippen LogP contribution in [0.5, 0.6) is 0 Å². The van der Waals surface area contributed by atoms with Crippen LogP contribution >= 0.6 is 0 Å². The van der Waals surface area contributed by atoms with Crippen LogP contribution in [0.1, 0.15) is 26.6 Å². The zero-order valence-electron chi connectivity index (χ0n) is 10.3. The van der Waals surface area contributed by atoms with Crippen LogP contribution in [0.2, 0.25) is 0 Å². The van der Waals surface area contributed by atoms with Gasteiger partial charge in [-0.2, -0.15) is 5.10 Å². The predicted octanol–water partition coefficient (Wildman–Crippen LogP) is 0.416. The molecule has 2 unspecified atom stereocenters. The lowest BCUT2D eigenvalue weighted by Gasteiger charge is -2.19. The first-order valence-electron chi connectivity index (χ1n) is 5.49. The fraction of sp³-hybridized carbons (Fsp3) is 0.636.